The zero-order chi connectivity index (χ0) is 93.7. The van der Waals surface area contributed by atoms with E-state index in [4.69, 9.17) is 51.5 Å². The number of aromatic nitrogens is 10. The van der Waals surface area contributed by atoms with Crippen LogP contribution in [-0.2, 0) is 46.5 Å². The van der Waals surface area contributed by atoms with Crippen LogP contribution in [0.25, 0.3) is 116 Å². The zero-order valence-corrected chi connectivity index (χ0v) is 80.1. The predicted molar refractivity (Wildman–Crippen MR) is 539 cm³/mol. The highest BCUT2D eigenvalue weighted by molar-refractivity contribution is 7.25. The van der Waals surface area contributed by atoms with Gasteiger partial charge in [-0.05, 0) is 285 Å². The van der Waals surface area contributed by atoms with Crippen molar-refractivity contribution >= 4 is 106 Å². The van der Waals surface area contributed by atoms with Crippen LogP contribution in [0.5, 0.6) is 0 Å². The fraction of sp³-hybridized carbons (Fsp3) is 0.280. The van der Waals surface area contributed by atoms with Crippen molar-refractivity contribution in [2.75, 3.05) is 0 Å². The third-order valence-electron chi connectivity index (χ3n) is 27.2. The monoisotopic (exact) mass is 1780 g/mol. The topological polar surface area (TPSA) is 213 Å². The van der Waals surface area contributed by atoms with E-state index >= 15 is 0 Å². The highest BCUT2D eigenvalue weighted by Crippen LogP contribution is 2.44. The van der Waals surface area contributed by atoms with Crippen molar-refractivity contribution in [2.24, 2.45) is 0 Å². The van der Waals surface area contributed by atoms with Gasteiger partial charge >= 0.3 is 35.6 Å². The van der Waals surface area contributed by atoms with Crippen molar-refractivity contribution in [3.05, 3.63) is 310 Å². The number of pyridine rings is 5. The molecule has 0 saturated carbocycles. The lowest BCUT2D eigenvalue weighted by Gasteiger charge is -2.32. The summed E-state index contributed by atoms with van der Waals surface area (Å²) in [5.74, 6) is 2.14. The van der Waals surface area contributed by atoms with E-state index in [1.54, 1.807) is 12.4 Å². The normalized spacial score (nSPS) is 18.2. The molecule has 5 fully saturated rings. The number of para-hydroxylation sites is 2. The number of thiophene rings is 1. The molecule has 5 aliphatic heterocycles. The molecule has 0 spiro atoms. The van der Waals surface area contributed by atoms with Crippen LogP contribution < -0.4 is 27.8 Å². The van der Waals surface area contributed by atoms with Crippen LogP contribution in [0.3, 0.4) is 0 Å². The molecule has 0 aliphatic carbocycles. The molecule has 13 heterocycles. The van der Waals surface area contributed by atoms with Crippen molar-refractivity contribution in [3.8, 4) is 84.4 Å². The largest absolute Gasteiger partial charge is 0.534 e. The first-order valence-electron chi connectivity index (χ1n) is 45.3. The second-order valence-corrected chi connectivity index (χ2v) is 40.1. The molecule has 16 aromatic rings. The minimum absolute atomic E-state index is 0.344. The molecule has 20 nitrogen and oxygen atoms in total. The number of nitrogens with zero attached hydrogens (tertiary/aromatic N) is 10. The Morgan fingerprint density at radius 1 is 0.256 bits per heavy atom. The lowest BCUT2D eigenvalue weighted by Crippen LogP contribution is -2.41. The number of imidazole rings is 1. The van der Waals surface area contributed by atoms with Gasteiger partial charge < -0.3 is 46.5 Å². The van der Waals surface area contributed by atoms with Gasteiger partial charge in [0, 0.05) is 97.7 Å². The molecule has 26 heteroatoms. The molecule has 133 heavy (non-hydrogen) atoms. The van der Waals surface area contributed by atoms with Gasteiger partial charge in [-0.15, -0.1) is 11.3 Å². The summed E-state index contributed by atoms with van der Waals surface area (Å²) in [5.41, 5.74) is 15.3. The van der Waals surface area contributed by atoms with E-state index in [2.05, 4.69) is 243 Å². The molecule has 0 atom stereocenters. The van der Waals surface area contributed by atoms with E-state index in [1.807, 2.05) is 250 Å². The van der Waals surface area contributed by atoms with Crippen molar-refractivity contribution in [2.45, 2.75) is 194 Å². The van der Waals surface area contributed by atoms with Crippen molar-refractivity contribution in [1.82, 2.24) is 49.4 Å². The Morgan fingerprint density at radius 2 is 0.617 bits per heavy atom. The molecule has 0 unspecified atom stereocenters. The lowest BCUT2D eigenvalue weighted by molar-refractivity contribution is 0.00578. The van der Waals surface area contributed by atoms with Crippen LogP contribution in [-0.4, -0.2) is 141 Å². The Morgan fingerprint density at radius 3 is 1.05 bits per heavy atom. The number of fused-ring (bicyclic) bond motifs is 4. The standard InChI is InChI=1S/C25H25BN2O2.C23H22BNO2S.C22H23BN2O2.C21H22BN3O2.C16H19BN2O2/c1-24(2)25(3,4)30-26(29-24)19-14-16-20(17-15-19)28-22-13-9-8-12-21(22)27-23(28)18-10-6-5-7-11-18;1-22(2)23(3,4)27-24(26-22)21-12-10-16(14-25-21)15-9-11-20-18(13-15)17-7-5-6-8-19(17)28-20;1-21(2)22(3,4)27-23(26-21)20-14-18(16-5-9-24-10-6-16)13-19(15-20)17-7-11-25-12-8-17;1-20(2)21(3,4)27-22(26-20)19-24-17(15-11-7-5-8-12-15)23-18(25-19)16-13-9-6-10-14-16;1-15(2)16(3,4)21-17(20-15)14-6-5-13(11-19-14)12-7-9-18-10-8-12/h5-17H,1-4H3;5-14H,1-4H3;5-15H,1-4H3;5-14H,1-4H3;5-11H,1-4H3. The Balaban J connectivity index is 0.000000116. The van der Waals surface area contributed by atoms with E-state index in [1.165, 1.54) is 25.7 Å². The summed E-state index contributed by atoms with van der Waals surface area (Å²) < 4.78 is 66.3. The fourth-order valence-electron chi connectivity index (χ4n) is 15.7. The van der Waals surface area contributed by atoms with Gasteiger partial charge in [0.1, 0.15) is 5.82 Å². The molecule has 670 valence electrons. The Bertz CT molecular complexity index is 6410. The third kappa shape index (κ3) is 19.6. The van der Waals surface area contributed by atoms with Gasteiger partial charge in [-0.2, -0.15) is 0 Å². The quantitative estimate of drug-likeness (QED) is 0.0981. The zero-order valence-electron chi connectivity index (χ0n) is 79.3. The van der Waals surface area contributed by atoms with Gasteiger partial charge in [0.2, 0.25) is 0 Å². The SMILES string of the molecule is CC1(C)OB(c2cc(-c3ccncc3)cc(-c3ccncc3)c2)OC1(C)C.CC1(C)OB(c2ccc(-c3ccc4sc5ccccc5c4c3)cn2)OC1(C)C.CC1(C)OB(c2ccc(-c3ccncc3)cn2)OC1(C)C.CC1(C)OB(c2ccc(-n3c(-c4ccccc4)nc4ccccc43)cc2)OC1(C)C.CC1(C)OB(c2nc(-c3ccccc3)nc(-c3ccccc3)n2)OC1(C)C. The Hall–Kier alpha value is -11.9. The summed E-state index contributed by atoms with van der Waals surface area (Å²) in [5, 5.41) is 2.61. The molecule has 21 rings (SSSR count). The molecule has 0 N–H and O–H groups in total. The lowest BCUT2D eigenvalue weighted by atomic mass is 9.76. The molecule has 0 radical (unpaired) electrons. The molecule has 0 amide bonds. The minimum atomic E-state index is -0.636. The smallest absolute Gasteiger partial charge is 0.399 e. The van der Waals surface area contributed by atoms with Crippen molar-refractivity contribution < 1.29 is 46.5 Å². The van der Waals surface area contributed by atoms with Crippen LogP contribution in [0, 0.1) is 0 Å². The van der Waals surface area contributed by atoms with Crippen LogP contribution in [0.2, 0.25) is 0 Å². The van der Waals surface area contributed by atoms with Crippen LogP contribution >= 0.6 is 11.3 Å². The first kappa shape index (κ1) is 93.0. The summed E-state index contributed by atoms with van der Waals surface area (Å²) in [7, 11) is -2.25. The summed E-state index contributed by atoms with van der Waals surface area (Å²) in [6, 6.07) is 88.4. The van der Waals surface area contributed by atoms with Gasteiger partial charge in [-0.3, -0.25) is 29.5 Å². The maximum absolute atomic E-state index is 6.28. The van der Waals surface area contributed by atoms with E-state index in [9.17, 15) is 0 Å². The average molecular weight is 1780 g/mol. The van der Waals surface area contributed by atoms with Crippen LogP contribution in [0.4, 0.5) is 0 Å². The minimum Gasteiger partial charge on any atom is -0.399 e. The van der Waals surface area contributed by atoms with Gasteiger partial charge in [-0.25, -0.2) is 19.9 Å². The van der Waals surface area contributed by atoms with Crippen LogP contribution in [0.15, 0.2) is 310 Å². The van der Waals surface area contributed by atoms with Crippen LogP contribution in [0.1, 0.15) is 138 Å². The second kappa shape index (κ2) is 36.8. The van der Waals surface area contributed by atoms with E-state index in [0.29, 0.717) is 17.4 Å². The Kier molecular flexibility index (Phi) is 25.8. The Labute approximate surface area is 786 Å². The first-order valence-corrected chi connectivity index (χ1v) is 46.1. The third-order valence-corrected chi connectivity index (χ3v) is 28.4. The van der Waals surface area contributed by atoms with Crippen molar-refractivity contribution in [1.29, 1.82) is 0 Å². The fourth-order valence-corrected chi connectivity index (χ4v) is 16.8. The number of rotatable bonds is 13. The van der Waals surface area contributed by atoms with Crippen molar-refractivity contribution in [3.63, 3.8) is 0 Å². The molecular weight excluding hydrogens is 1670 g/mol. The molecule has 5 aliphatic rings. The summed E-state index contributed by atoms with van der Waals surface area (Å²) in [6.45, 7) is 41.1. The van der Waals surface area contributed by atoms with E-state index in [0.717, 1.165) is 100 Å². The number of benzene rings is 8. The summed E-state index contributed by atoms with van der Waals surface area (Å²) >= 11 is 1.84. The molecule has 8 aromatic carbocycles. The maximum atomic E-state index is 6.28. The van der Waals surface area contributed by atoms with Gasteiger partial charge in [-0.1, -0.05) is 164 Å². The van der Waals surface area contributed by atoms with Gasteiger partial charge in [0.05, 0.1) is 78.2 Å². The second-order valence-electron chi connectivity index (χ2n) is 39.0. The first-order chi connectivity index (χ1) is 63.3. The molecular formula is C107H111B5N10O10S. The number of hydrogen-bond acceptors (Lipinski definition) is 20. The molecule has 0 bridgehead atoms. The predicted octanol–water partition coefficient (Wildman–Crippen LogP) is 20.5. The maximum Gasteiger partial charge on any atom is 0.534 e. The summed E-state index contributed by atoms with van der Waals surface area (Å²) in [4.78, 5) is 40.4. The highest BCUT2D eigenvalue weighted by Gasteiger charge is 2.57. The van der Waals surface area contributed by atoms with E-state index in [-0.39, 0.29) is 51.9 Å². The molecule has 8 aromatic heterocycles. The molecule has 5 saturated heterocycles. The number of hydrogen-bond donors (Lipinski definition) is 0. The van der Waals surface area contributed by atoms with E-state index < -0.39 is 39.7 Å². The summed E-state index contributed by atoms with van der Waals surface area (Å²) in [6.07, 6.45) is 14.5. The van der Waals surface area contributed by atoms with Gasteiger partial charge in [0.25, 0.3) is 0 Å². The highest BCUT2D eigenvalue weighted by atomic mass is 32.1. The van der Waals surface area contributed by atoms with Gasteiger partial charge in [0.15, 0.2) is 17.4 Å². The average Bonchev–Trinajstić information content (AvgIpc) is 1.63.